The van der Waals surface area contributed by atoms with Crippen LogP contribution in [-0.4, -0.2) is 29.6 Å². The van der Waals surface area contributed by atoms with Gasteiger partial charge in [-0.3, -0.25) is 4.79 Å². The molecule has 24 heavy (non-hydrogen) atoms. The molecule has 0 saturated carbocycles. The zero-order valence-electron chi connectivity index (χ0n) is 13.2. The van der Waals surface area contributed by atoms with Crippen molar-refractivity contribution in [3.05, 3.63) is 51.3 Å². The summed E-state index contributed by atoms with van der Waals surface area (Å²) < 4.78 is 11.8. The minimum Gasteiger partial charge on any atom is -0.462 e. The van der Waals surface area contributed by atoms with Gasteiger partial charge in [-0.05, 0) is 32.0 Å². The van der Waals surface area contributed by atoms with Gasteiger partial charge in [0.2, 0.25) is 4.74 Å². The van der Waals surface area contributed by atoms with Crippen LogP contribution < -0.4 is 4.74 Å². The van der Waals surface area contributed by atoms with E-state index in [9.17, 15) is 14.4 Å². The molecule has 0 spiro atoms. The lowest BCUT2D eigenvalue weighted by atomic mass is 10.2. The van der Waals surface area contributed by atoms with E-state index in [-0.39, 0.29) is 18.8 Å². The molecule has 0 aromatic carbocycles. The highest BCUT2D eigenvalue weighted by atomic mass is 32.1. The van der Waals surface area contributed by atoms with E-state index in [4.69, 9.17) is 9.47 Å². The van der Waals surface area contributed by atoms with Gasteiger partial charge in [0.15, 0.2) is 0 Å². The van der Waals surface area contributed by atoms with E-state index in [1.807, 2.05) is 12.1 Å². The van der Waals surface area contributed by atoms with Gasteiger partial charge in [0.1, 0.15) is 11.3 Å². The monoisotopic (exact) mass is 345 g/mol. The van der Waals surface area contributed by atoms with Crippen molar-refractivity contribution in [2.24, 2.45) is 0 Å². The Kier molecular flexibility index (Phi) is 4.35. The fourth-order valence-corrected chi connectivity index (χ4v) is 3.54. The smallest absolute Gasteiger partial charge is 0.356 e. The molecule has 7 heteroatoms. The van der Waals surface area contributed by atoms with E-state index in [1.165, 1.54) is 6.07 Å². The van der Waals surface area contributed by atoms with E-state index in [2.05, 4.69) is 0 Å². The fourth-order valence-electron chi connectivity index (χ4n) is 2.55. The summed E-state index contributed by atoms with van der Waals surface area (Å²) in [6, 6.07) is 6.91. The maximum Gasteiger partial charge on any atom is 0.356 e. The van der Waals surface area contributed by atoms with Gasteiger partial charge < -0.3 is 13.9 Å². The molecule has 0 bridgehead atoms. The fraction of sp³-hybridized carbons (Fsp3) is 0.235. The predicted octanol–water partition coefficient (Wildman–Crippen LogP) is 2.87. The van der Waals surface area contributed by atoms with Crippen LogP contribution in [0.15, 0.2) is 35.3 Å². The number of pyridine rings is 1. The molecule has 124 valence electrons. The van der Waals surface area contributed by atoms with Gasteiger partial charge in [-0.1, -0.05) is 17.4 Å². The van der Waals surface area contributed by atoms with Gasteiger partial charge in [-0.25, -0.2) is 9.59 Å². The summed E-state index contributed by atoms with van der Waals surface area (Å²) in [6.07, 6.45) is 1.73. The maximum absolute atomic E-state index is 12.3. The van der Waals surface area contributed by atoms with Crippen LogP contribution in [0.2, 0.25) is 0 Å². The van der Waals surface area contributed by atoms with Crippen molar-refractivity contribution in [1.29, 1.82) is 0 Å². The van der Waals surface area contributed by atoms with Gasteiger partial charge in [0, 0.05) is 11.6 Å². The normalized spacial score (nSPS) is 10.9. The second-order valence-electron chi connectivity index (χ2n) is 4.94. The second-order valence-corrected chi connectivity index (χ2v) is 5.92. The number of hydrogen-bond donors (Lipinski definition) is 0. The number of esters is 2. The number of carbonyl (C=O) groups excluding carboxylic acids is 2. The Morgan fingerprint density at radius 2 is 1.83 bits per heavy atom. The van der Waals surface area contributed by atoms with E-state index in [1.54, 1.807) is 30.5 Å². The largest absolute Gasteiger partial charge is 0.462 e. The lowest BCUT2D eigenvalue weighted by Gasteiger charge is -2.02. The van der Waals surface area contributed by atoms with Gasteiger partial charge >= 0.3 is 11.9 Å². The molecule has 0 aliphatic rings. The summed E-state index contributed by atoms with van der Waals surface area (Å²) in [5.74, 6) is -1.16. The quantitative estimate of drug-likeness (QED) is 0.680. The van der Waals surface area contributed by atoms with Crippen LogP contribution in [-0.2, 0) is 9.47 Å². The molecule has 3 aromatic rings. The number of carbonyl (C=O) groups is 2. The molecule has 0 radical (unpaired) electrons. The molecule has 3 aromatic heterocycles. The summed E-state index contributed by atoms with van der Waals surface area (Å²) >= 11 is 0.851. The first-order valence-electron chi connectivity index (χ1n) is 7.49. The Hall–Kier alpha value is -2.67. The van der Waals surface area contributed by atoms with E-state index < -0.39 is 16.7 Å². The number of rotatable bonds is 4. The molecule has 0 atom stereocenters. The van der Waals surface area contributed by atoms with Crippen LogP contribution in [0.4, 0.5) is 0 Å². The van der Waals surface area contributed by atoms with Crippen LogP contribution >= 0.6 is 11.3 Å². The Labute approximate surface area is 141 Å². The second kappa shape index (κ2) is 6.45. The molecule has 0 amide bonds. The predicted molar refractivity (Wildman–Crippen MR) is 91.0 cm³/mol. The Morgan fingerprint density at radius 1 is 1.12 bits per heavy atom. The van der Waals surface area contributed by atoms with Crippen molar-refractivity contribution < 1.29 is 19.1 Å². The summed E-state index contributed by atoms with van der Waals surface area (Å²) in [7, 11) is 0. The molecule has 3 rings (SSSR count). The minimum absolute atomic E-state index is 0.0267. The first kappa shape index (κ1) is 16.2. The molecule has 0 fully saturated rings. The number of hydrogen-bond acceptors (Lipinski definition) is 6. The summed E-state index contributed by atoms with van der Waals surface area (Å²) in [5, 5.41) is 0.645. The molecule has 3 heterocycles. The van der Waals surface area contributed by atoms with Gasteiger partial charge in [0.05, 0.1) is 23.4 Å². The Bertz CT molecular complexity index is 1000. The standard InChI is InChI=1S/C17H15NO5S/c1-3-22-15(19)11-9-10-12-7-5-6-8-18(12)13(16(20)23-4-2)14(10)24-17(11)21/h5-9H,3-4H2,1-2H3. The van der Waals surface area contributed by atoms with Gasteiger partial charge in [-0.15, -0.1) is 0 Å². The van der Waals surface area contributed by atoms with Crippen LogP contribution in [0.3, 0.4) is 0 Å². The van der Waals surface area contributed by atoms with E-state index in [0.29, 0.717) is 15.8 Å². The summed E-state index contributed by atoms with van der Waals surface area (Å²) in [5.41, 5.74) is 0.985. The molecule has 0 aliphatic carbocycles. The average Bonchev–Trinajstić information content (AvgIpc) is 2.87. The lowest BCUT2D eigenvalue weighted by Crippen LogP contribution is -2.14. The highest BCUT2D eigenvalue weighted by Crippen LogP contribution is 2.30. The Morgan fingerprint density at radius 3 is 2.54 bits per heavy atom. The first-order valence-corrected chi connectivity index (χ1v) is 8.31. The highest BCUT2D eigenvalue weighted by molar-refractivity contribution is 7.17. The minimum atomic E-state index is -0.659. The van der Waals surface area contributed by atoms with Gasteiger partial charge in [0.25, 0.3) is 0 Å². The average molecular weight is 345 g/mol. The molecule has 0 unspecified atom stereocenters. The highest BCUT2D eigenvalue weighted by Gasteiger charge is 2.23. The maximum atomic E-state index is 12.3. The topological polar surface area (TPSA) is 74.1 Å². The van der Waals surface area contributed by atoms with Crippen molar-refractivity contribution in [1.82, 2.24) is 4.40 Å². The first-order chi connectivity index (χ1) is 11.6. The zero-order valence-corrected chi connectivity index (χ0v) is 14.0. The molecule has 6 nitrogen and oxygen atoms in total. The third-order valence-corrected chi connectivity index (χ3v) is 4.53. The molecule has 0 N–H and O–H groups in total. The van der Waals surface area contributed by atoms with E-state index >= 15 is 0 Å². The van der Waals surface area contributed by atoms with Crippen LogP contribution in [0.1, 0.15) is 34.7 Å². The van der Waals surface area contributed by atoms with E-state index in [0.717, 1.165) is 16.9 Å². The third-order valence-electron chi connectivity index (χ3n) is 3.50. The Balaban J connectivity index is 2.35. The number of nitrogens with zero attached hydrogens (tertiary/aromatic N) is 1. The van der Waals surface area contributed by atoms with Gasteiger partial charge in [-0.2, -0.15) is 0 Å². The SMILES string of the molecule is CCOC(=O)c1cc2c(sc1=O)c(C(=O)OCC)n1ccccc21. The number of fused-ring (bicyclic) bond motifs is 3. The molecular formula is C17H15NO5S. The van der Waals surface area contributed by atoms with Crippen molar-refractivity contribution in [2.75, 3.05) is 13.2 Å². The number of aromatic nitrogens is 1. The van der Waals surface area contributed by atoms with Crippen LogP contribution in [0.25, 0.3) is 15.6 Å². The van der Waals surface area contributed by atoms with Crippen molar-refractivity contribution in [3.8, 4) is 0 Å². The zero-order chi connectivity index (χ0) is 17.3. The van der Waals surface area contributed by atoms with Crippen LogP contribution in [0, 0.1) is 0 Å². The third kappa shape index (κ3) is 2.56. The van der Waals surface area contributed by atoms with Crippen molar-refractivity contribution in [3.63, 3.8) is 0 Å². The summed E-state index contributed by atoms with van der Waals surface area (Å²) in [4.78, 5) is 36.6. The lowest BCUT2D eigenvalue weighted by molar-refractivity contribution is 0.0514. The summed E-state index contributed by atoms with van der Waals surface area (Å²) in [6.45, 7) is 3.82. The molecule has 0 saturated heterocycles. The van der Waals surface area contributed by atoms with Crippen LogP contribution in [0.5, 0.6) is 0 Å². The molecular weight excluding hydrogens is 330 g/mol. The number of ether oxygens (including phenoxy) is 2. The van der Waals surface area contributed by atoms with Crippen molar-refractivity contribution in [2.45, 2.75) is 13.8 Å². The van der Waals surface area contributed by atoms with Crippen molar-refractivity contribution >= 4 is 38.9 Å². The molecule has 0 aliphatic heterocycles.